The van der Waals surface area contributed by atoms with E-state index in [-0.39, 0.29) is 5.78 Å². The summed E-state index contributed by atoms with van der Waals surface area (Å²) in [5.41, 5.74) is 1.07. The highest BCUT2D eigenvalue weighted by atomic mass is 16.3. The lowest BCUT2D eigenvalue weighted by molar-refractivity contribution is 0.0956. The average Bonchev–Trinajstić information content (AvgIpc) is 2.81. The number of nitrogens with zero attached hydrogens (tertiary/aromatic N) is 1. The van der Waals surface area contributed by atoms with Crippen LogP contribution < -0.4 is 0 Å². The Morgan fingerprint density at radius 2 is 2.27 bits per heavy atom. The quantitative estimate of drug-likeness (QED) is 0.714. The van der Waals surface area contributed by atoms with Gasteiger partial charge in [0.05, 0.1) is 6.26 Å². The van der Waals surface area contributed by atoms with Gasteiger partial charge in [-0.2, -0.15) is 0 Å². The minimum Gasteiger partial charge on any atom is -0.461 e. The molecule has 2 aromatic heterocycles. The SMILES string of the molecule is O=C(CCc1cccnc1)c1ccco1. The molecule has 0 atom stereocenters. The van der Waals surface area contributed by atoms with E-state index in [0.717, 1.165) is 5.56 Å². The lowest BCUT2D eigenvalue weighted by Gasteiger charge is -1.98. The number of hydrogen-bond donors (Lipinski definition) is 0. The Balaban J connectivity index is 1.92. The molecule has 0 saturated carbocycles. The van der Waals surface area contributed by atoms with E-state index in [1.165, 1.54) is 6.26 Å². The van der Waals surface area contributed by atoms with E-state index < -0.39 is 0 Å². The molecule has 76 valence electrons. The van der Waals surface area contributed by atoms with Gasteiger partial charge in [-0.05, 0) is 30.2 Å². The molecule has 0 aromatic carbocycles. The van der Waals surface area contributed by atoms with Crippen molar-refractivity contribution in [3.63, 3.8) is 0 Å². The number of aromatic nitrogens is 1. The van der Waals surface area contributed by atoms with Crippen LogP contribution in [0.25, 0.3) is 0 Å². The van der Waals surface area contributed by atoms with Crippen molar-refractivity contribution >= 4 is 5.78 Å². The van der Waals surface area contributed by atoms with Crippen LogP contribution in [0.5, 0.6) is 0 Å². The molecule has 0 unspecified atom stereocenters. The zero-order chi connectivity index (χ0) is 10.5. The van der Waals surface area contributed by atoms with Gasteiger partial charge < -0.3 is 4.42 Å². The van der Waals surface area contributed by atoms with Crippen LogP contribution in [0.2, 0.25) is 0 Å². The average molecular weight is 201 g/mol. The molecule has 0 N–H and O–H groups in total. The first-order chi connectivity index (χ1) is 7.36. The lowest BCUT2D eigenvalue weighted by Crippen LogP contribution is -1.99. The van der Waals surface area contributed by atoms with Crippen LogP contribution in [-0.2, 0) is 6.42 Å². The van der Waals surface area contributed by atoms with E-state index in [2.05, 4.69) is 4.98 Å². The van der Waals surface area contributed by atoms with E-state index in [1.807, 2.05) is 12.1 Å². The molecular formula is C12H11NO2. The van der Waals surface area contributed by atoms with Gasteiger partial charge in [-0.1, -0.05) is 6.07 Å². The van der Waals surface area contributed by atoms with Crippen LogP contribution in [0.3, 0.4) is 0 Å². The molecule has 0 aliphatic carbocycles. The Morgan fingerprint density at radius 3 is 2.93 bits per heavy atom. The molecule has 0 amide bonds. The number of ketones is 1. The monoisotopic (exact) mass is 201 g/mol. The molecule has 15 heavy (non-hydrogen) atoms. The number of Topliss-reactive ketones (excluding diaryl/α,β-unsaturated/α-hetero) is 1. The molecule has 0 spiro atoms. The minimum absolute atomic E-state index is 0.0313. The van der Waals surface area contributed by atoms with Crippen LogP contribution in [0.1, 0.15) is 22.5 Å². The zero-order valence-electron chi connectivity index (χ0n) is 8.22. The Hall–Kier alpha value is -1.90. The molecule has 0 bridgehead atoms. The first kappa shape index (κ1) is 9.65. The van der Waals surface area contributed by atoms with Gasteiger partial charge in [-0.25, -0.2) is 0 Å². The predicted molar refractivity (Wildman–Crippen MR) is 55.6 cm³/mol. The summed E-state index contributed by atoms with van der Waals surface area (Å²) in [6.45, 7) is 0. The van der Waals surface area contributed by atoms with Crippen molar-refractivity contribution < 1.29 is 9.21 Å². The highest BCUT2D eigenvalue weighted by Gasteiger charge is 2.08. The van der Waals surface area contributed by atoms with E-state index in [1.54, 1.807) is 24.5 Å². The Labute approximate surface area is 87.8 Å². The fraction of sp³-hybridized carbons (Fsp3) is 0.167. The maximum Gasteiger partial charge on any atom is 0.198 e. The topological polar surface area (TPSA) is 43.1 Å². The molecule has 0 aliphatic heterocycles. The van der Waals surface area contributed by atoms with Gasteiger partial charge in [0, 0.05) is 18.8 Å². The maximum absolute atomic E-state index is 11.6. The third kappa shape index (κ3) is 2.53. The summed E-state index contributed by atoms with van der Waals surface area (Å²) < 4.78 is 5.02. The summed E-state index contributed by atoms with van der Waals surface area (Å²) in [5, 5.41) is 0. The number of carbonyl (C=O) groups is 1. The summed E-state index contributed by atoms with van der Waals surface area (Å²) >= 11 is 0. The molecule has 0 radical (unpaired) electrons. The summed E-state index contributed by atoms with van der Waals surface area (Å²) in [5.74, 6) is 0.461. The van der Waals surface area contributed by atoms with Crippen molar-refractivity contribution in [3.8, 4) is 0 Å². The van der Waals surface area contributed by atoms with Crippen LogP contribution in [0.4, 0.5) is 0 Å². The summed E-state index contributed by atoms with van der Waals surface area (Å²) in [6, 6.07) is 7.23. The summed E-state index contributed by atoms with van der Waals surface area (Å²) in [7, 11) is 0. The predicted octanol–water partition coefficient (Wildman–Crippen LogP) is 2.49. The molecule has 2 heterocycles. The molecule has 0 saturated heterocycles. The number of rotatable bonds is 4. The Kier molecular flexibility index (Phi) is 2.93. The van der Waals surface area contributed by atoms with Crippen LogP contribution in [-0.4, -0.2) is 10.8 Å². The number of furan rings is 1. The summed E-state index contributed by atoms with van der Waals surface area (Å²) in [4.78, 5) is 15.6. The fourth-order valence-corrected chi connectivity index (χ4v) is 1.36. The lowest BCUT2D eigenvalue weighted by atomic mass is 10.1. The van der Waals surface area contributed by atoms with Crippen molar-refractivity contribution in [2.75, 3.05) is 0 Å². The third-order valence-corrected chi connectivity index (χ3v) is 2.16. The zero-order valence-corrected chi connectivity index (χ0v) is 8.22. The molecule has 3 nitrogen and oxygen atoms in total. The first-order valence-electron chi connectivity index (χ1n) is 4.82. The van der Waals surface area contributed by atoms with E-state index in [0.29, 0.717) is 18.6 Å². The van der Waals surface area contributed by atoms with E-state index in [9.17, 15) is 4.79 Å². The molecule has 0 aliphatic rings. The van der Waals surface area contributed by atoms with Crippen molar-refractivity contribution in [1.29, 1.82) is 0 Å². The standard InChI is InChI=1S/C12H11NO2/c14-11(12-4-2-8-15-12)6-5-10-3-1-7-13-9-10/h1-4,7-9H,5-6H2. The van der Waals surface area contributed by atoms with E-state index >= 15 is 0 Å². The fourth-order valence-electron chi connectivity index (χ4n) is 1.36. The Morgan fingerprint density at radius 1 is 1.33 bits per heavy atom. The van der Waals surface area contributed by atoms with Crippen molar-refractivity contribution in [3.05, 3.63) is 54.2 Å². The molecule has 3 heteroatoms. The minimum atomic E-state index is 0.0313. The second-order valence-electron chi connectivity index (χ2n) is 3.26. The van der Waals surface area contributed by atoms with Gasteiger partial charge in [-0.15, -0.1) is 0 Å². The highest BCUT2D eigenvalue weighted by Crippen LogP contribution is 2.07. The van der Waals surface area contributed by atoms with Gasteiger partial charge in [-0.3, -0.25) is 9.78 Å². The van der Waals surface area contributed by atoms with Crippen molar-refractivity contribution in [2.45, 2.75) is 12.8 Å². The molecule has 2 aromatic rings. The third-order valence-electron chi connectivity index (χ3n) is 2.16. The summed E-state index contributed by atoms with van der Waals surface area (Å²) in [6.07, 6.45) is 6.16. The number of carbonyl (C=O) groups excluding carboxylic acids is 1. The second-order valence-corrected chi connectivity index (χ2v) is 3.26. The van der Waals surface area contributed by atoms with Gasteiger partial charge in [0.2, 0.25) is 0 Å². The van der Waals surface area contributed by atoms with Gasteiger partial charge in [0.15, 0.2) is 11.5 Å². The normalized spacial score (nSPS) is 10.1. The van der Waals surface area contributed by atoms with Crippen molar-refractivity contribution in [2.24, 2.45) is 0 Å². The van der Waals surface area contributed by atoms with Gasteiger partial charge >= 0.3 is 0 Å². The van der Waals surface area contributed by atoms with Crippen molar-refractivity contribution in [1.82, 2.24) is 4.98 Å². The number of pyridine rings is 1. The van der Waals surface area contributed by atoms with E-state index in [4.69, 9.17) is 4.42 Å². The number of hydrogen-bond acceptors (Lipinski definition) is 3. The van der Waals surface area contributed by atoms with Crippen LogP contribution in [0, 0.1) is 0 Å². The smallest absolute Gasteiger partial charge is 0.198 e. The largest absolute Gasteiger partial charge is 0.461 e. The Bertz CT molecular complexity index is 420. The van der Waals surface area contributed by atoms with Crippen LogP contribution in [0.15, 0.2) is 47.3 Å². The second kappa shape index (κ2) is 4.55. The van der Waals surface area contributed by atoms with Gasteiger partial charge in [0.25, 0.3) is 0 Å². The first-order valence-corrected chi connectivity index (χ1v) is 4.82. The number of aryl methyl sites for hydroxylation is 1. The molecule has 2 rings (SSSR count). The van der Waals surface area contributed by atoms with Gasteiger partial charge in [0.1, 0.15) is 0 Å². The molecular weight excluding hydrogens is 190 g/mol. The maximum atomic E-state index is 11.6. The molecule has 0 fully saturated rings. The van der Waals surface area contributed by atoms with Crippen LogP contribution >= 0.6 is 0 Å². The highest BCUT2D eigenvalue weighted by molar-refractivity contribution is 5.93.